The average Bonchev–Trinajstić information content (AvgIpc) is 3.25. The van der Waals surface area contributed by atoms with Crippen molar-refractivity contribution in [3.8, 4) is 0 Å². The molecule has 0 aliphatic heterocycles. The van der Waals surface area contributed by atoms with Crippen molar-refractivity contribution in [1.82, 2.24) is 14.7 Å². The molecule has 0 aliphatic carbocycles. The minimum atomic E-state index is -0.522. The van der Waals surface area contributed by atoms with Gasteiger partial charge in [-0.1, -0.05) is 18.2 Å². The molecule has 0 unspecified atom stereocenters. The highest BCUT2D eigenvalue weighted by Gasteiger charge is 2.07. The van der Waals surface area contributed by atoms with Crippen LogP contribution in [0.2, 0.25) is 0 Å². The summed E-state index contributed by atoms with van der Waals surface area (Å²) in [5, 5.41) is 5.49. The van der Waals surface area contributed by atoms with E-state index in [2.05, 4.69) is 20.4 Å². The monoisotopic (exact) mass is 446 g/mol. The first-order chi connectivity index (χ1) is 15.6. The van der Waals surface area contributed by atoms with Gasteiger partial charge in [-0.05, 0) is 54.1 Å². The quantitative estimate of drug-likeness (QED) is 0.401. The van der Waals surface area contributed by atoms with E-state index in [0.717, 1.165) is 27.6 Å². The van der Waals surface area contributed by atoms with Gasteiger partial charge in [-0.2, -0.15) is 0 Å². The molecule has 2 heterocycles. The van der Waals surface area contributed by atoms with Gasteiger partial charge in [0, 0.05) is 40.8 Å². The van der Waals surface area contributed by atoms with Crippen molar-refractivity contribution in [2.24, 2.45) is 0 Å². The first-order valence-electron chi connectivity index (χ1n) is 9.98. The molecule has 0 fully saturated rings. The van der Waals surface area contributed by atoms with E-state index < -0.39 is 6.09 Å². The van der Waals surface area contributed by atoms with E-state index in [0.29, 0.717) is 17.8 Å². The number of hydrogen-bond donors (Lipinski definition) is 2. The number of pyridine rings is 1. The Balaban J connectivity index is 1.27. The van der Waals surface area contributed by atoms with Gasteiger partial charge >= 0.3 is 6.09 Å². The molecule has 8 heteroatoms. The molecule has 2 amide bonds. The van der Waals surface area contributed by atoms with Crippen LogP contribution >= 0.6 is 11.8 Å². The zero-order valence-corrected chi connectivity index (χ0v) is 18.3. The highest BCUT2D eigenvalue weighted by atomic mass is 32.2. The van der Waals surface area contributed by atoms with Crippen molar-refractivity contribution >= 4 is 35.1 Å². The Morgan fingerprint density at radius 3 is 2.53 bits per heavy atom. The third kappa shape index (κ3) is 5.47. The van der Waals surface area contributed by atoms with Crippen molar-refractivity contribution in [2.45, 2.75) is 17.2 Å². The summed E-state index contributed by atoms with van der Waals surface area (Å²) in [5.74, 6) is 0.618. The second-order valence-electron chi connectivity index (χ2n) is 7.01. The summed E-state index contributed by atoms with van der Waals surface area (Å²) in [4.78, 5) is 29.3. The molecular formula is C24H22N4O3S. The first kappa shape index (κ1) is 21.5. The second-order valence-corrected chi connectivity index (χ2v) is 8.06. The summed E-state index contributed by atoms with van der Waals surface area (Å²) in [5.41, 5.74) is 4.10. The van der Waals surface area contributed by atoms with Crippen LogP contribution in [-0.4, -0.2) is 28.5 Å². The number of nitrogens with one attached hydrogen (secondary N) is 2. The van der Waals surface area contributed by atoms with Crippen LogP contribution in [0.4, 0.5) is 10.5 Å². The molecule has 0 bridgehead atoms. The summed E-state index contributed by atoms with van der Waals surface area (Å²) in [6.45, 7) is 0.391. The van der Waals surface area contributed by atoms with E-state index in [4.69, 9.17) is 0 Å². The van der Waals surface area contributed by atoms with Crippen molar-refractivity contribution < 1.29 is 14.3 Å². The third-order valence-electron chi connectivity index (χ3n) is 4.76. The summed E-state index contributed by atoms with van der Waals surface area (Å²) in [6.07, 6.45) is 3.49. The lowest BCUT2D eigenvalue weighted by Gasteiger charge is -2.08. The van der Waals surface area contributed by atoms with Crippen molar-refractivity contribution in [2.75, 3.05) is 12.4 Å². The summed E-state index contributed by atoms with van der Waals surface area (Å²) in [6, 6.07) is 20.7. The number of carbonyl (C=O) groups is 2. The summed E-state index contributed by atoms with van der Waals surface area (Å²) in [7, 11) is 1.31. The van der Waals surface area contributed by atoms with Gasteiger partial charge in [-0.25, -0.2) is 9.78 Å². The lowest BCUT2D eigenvalue weighted by atomic mass is 10.2. The van der Waals surface area contributed by atoms with E-state index in [9.17, 15) is 9.59 Å². The number of rotatable bonds is 7. The molecule has 0 atom stereocenters. The molecule has 2 aromatic heterocycles. The molecule has 162 valence electrons. The van der Waals surface area contributed by atoms with Gasteiger partial charge < -0.3 is 14.5 Å². The molecule has 0 aliphatic rings. The zero-order chi connectivity index (χ0) is 22.3. The van der Waals surface area contributed by atoms with E-state index >= 15 is 0 Å². The van der Waals surface area contributed by atoms with Gasteiger partial charge in [-0.15, -0.1) is 11.8 Å². The number of amides is 2. The van der Waals surface area contributed by atoms with Crippen LogP contribution in [-0.2, 0) is 17.0 Å². The fourth-order valence-electron chi connectivity index (χ4n) is 3.08. The lowest BCUT2D eigenvalue weighted by molar-refractivity contribution is 0.0951. The van der Waals surface area contributed by atoms with Crippen LogP contribution < -0.4 is 10.6 Å². The van der Waals surface area contributed by atoms with Gasteiger partial charge in [0.2, 0.25) is 0 Å². The number of nitrogens with zero attached hydrogens (tertiary/aromatic N) is 2. The second kappa shape index (κ2) is 10.0. The Kier molecular flexibility index (Phi) is 6.72. The molecule has 0 saturated heterocycles. The molecule has 7 nitrogen and oxygen atoms in total. The summed E-state index contributed by atoms with van der Waals surface area (Å²) >= 11 is 1.68. The maximum absolute atomic E-state index is 12.5. The van der Waals surface area contributed by atoms with Crippen LogP contribution in [0.15, 0.2) is 84.0 Å². The fourth-order valence-corrected chi connectivity index (χ4v) is 3.86. The highest BCUT2D eigenvalue weighted by molar-refractivity contribution is 7.98. The Labute approximate surface area is 189 Å². The maximum Gasteiger partial charge on any atom is 0.411 e. The Bertz CT molecular complexity index is 1190. The van der Waals surface area contributed by atoms with Crippen LogP contribution in [0.1, 0.15) is 21.6 Å². The van der Waals surface area contributed by atoms with E-state index in [1.807, 2.05) is 71.4 Å². The number of aromatic nitrogens is 2. The van der Waals surface area contributed by atoms with Gasteiger partial charge in [0.15, 0.2) is 0 Å². The van der Waals surface area contributed by atoms with Crippen LogP contribution in [0.3, 0.4) is 0 Å². The number of anilines is 1. The number of imidazole rings is 1. The minimum absolute atomic E-state index is 0.140. The largest absolute Gasteiger partial charge is 0.453 e. The highest BCUT2D eigenvalue weighted by Crippen LogP contribution is 2.23. The standard InChI is InChI=1S/C24H22N4O3S/c1-31-24(30)27-19-9-5-17(6-10-19)14-25-23(29)18-7-11-21(12-8-18)32-16-20-15-28-13-3-2-4-22(28)26-20/h2-13,15H,14,16H2,1H3,(H,25,29)(H,27,30). The Hall–Kier alpha value is -3.78. The fraction of sp³-hybridized carbons (Fsp3) is 0.125. The molecule has 4 aromatic rings. The molecule has 0 radical (unpaired) electrons. The molecule has 0 saturated carbocycles. The lowest BCUT2D eigenvalue weighted by Crippen LogP contribution is -2.22. The van der Waals surface area contributed by atoms with Crippen LogP contribution in [0.5, 0.6) is 0 Å². The predicted octanol–water partition coefficient (Wildman–Crippen LogP) is 4.73. The normalized spacial score (nSPS) is 10.7. The number of hydrogen-bond acceptors (Lipinski definition) is 5. The molecule has 0 spiro atoms. The third-order valence-corrected chi connectivity index (χ3v) is 5.80. The van der Waals surface area contributed by atoms with E-state index in [-0.39, 0.29) is 5.91 Å². The molecule has 2 N–H and O–H groups in total. The SMILES string of the molecule is COC(=O)Nc1ccc(CNC(=O)c2ccc(SCc3cn4ccccc4n3)cc2)cc1. The Morgan fingerprint density at radius 2 is 1.81 bits per heavy atom. The zero-order valence-electron chi connectivity index (χ0n) is 17.4. The van der Waals surface area contributed by atoms with Gasteiger partial charge in [0.1, 0.15) is 5.65 Å². The molecule has 32 heavy (non-hydrogen) atoms. The van der Waals surface area contributed by atoms with Gasteiger partial charge in [0.25, 0.3) is 5.91 Å². The topological polar surface area (TPSA) is 84.7 Å². The minimum Gasteiger partial charge on any atom is -0.453 e. The van der Waals surface area contributed by atoms with E-state index in [1.165, 1.54) is 7.11 Å². The Morgan fingerprint density at radius 1 is 1.03 bits per heavy atom. The number of ether oxygens (including phenoxy) is 1. The number of fused-ring (bicyclic) bond motifs is 1. The van der Waals surface area contributed by atoms with Crippen molar-refractivity contribution in [3.63, 3.8) is 0 Å². The first-order valence-corrected chi connectivity index (χ1v) is 11.0. The summed E-state index contributed by atoms with van der Waals surface area (Å²) < 4.78 is 6.56. The van der Waals surface area contributed by atoms with Crippen LogP contribution in [0, 0.1) is 0 Å². The molecular weight excluding hydrogens is 424 g/mol. The van der Waals surface area contributed by atoms with Crippen LogP contribution in [0.25, 0.3) is 5.65 Å². The number of benzene rings is 2. The van der Waals surface area contributed by atoms with Crippen molar-refractivity contribution in [1.29, 1.82) is 0 Å². The predicted molar refractivity (Wildman–Crippen MR) is 125 cm³/mol. The average molecular weight is 447 g/mol. The number of methoxy groups -OCH3 is 1. The van der Waals surface area contributed by atoms with Crippen molar-refractivity contribution in [3.05, 3.63) is 95.9 Å². The van der Waals surface area contributed by atoms with Gasteiger partial charge in [0.05, 0.1) is 12.8 Å². The number of thioether (sulfide) groups is 1. The molecule has 4 rings (SSSR count). The molecule has 2 aromatic carbocycles. The maximum atomic E-state index is 12.5. The number of carbonyl (C=O) groups excluding carboxylic acids is 2. The van der Waals surface area contributed by atoms with Gasteiger partial charge in [-0.3, -0.25) is 10.1 Å². The van der Waals surface area contributed by atoms with E-state index in [1.54, 1.807) is 23.9 Å². The smallest absolute Gasteiger partial charge is 0.411 e.